The number of piperidine rings is 1. The van der Waals surface area contributed by atoms with Gasteiger partial charge in [0.15, 0.2) is 0 Å². The Kier molecular flexibility index (Phi) is 5.07. The van der Waals surface area contributed by atoms with Crippen molar-refractivity contribution in [3.8, 4) is 11.1 Å². The summed E-state index contributed by atoms with van der Waals surface area (Å²) in [6.07, 6.45) is -4.07. The van der Waals surface area contributed by atoms with Crippen LogP contribution in [0, 0.1) is 5.82 Å². The van der Waals surface area contributed by atoms with Gasteiger partial charge in [-0.05, 0) is 48.2 Å². The third kappa shape index (κ3) is 3.76. The number of alkyl halides is 3. The molecule has 0 aliphatic carbocycles. The second kappa shape index (κ2) is 7.00. The minimum absolute atomic E-state index is 0.147. The van der Waals surface area contributed by atoms with Crippen LogP contribution in [0.3, 0.4) is 0 Å². The maximum absolute atomic E-state index is 13.2. The summed E-state index contributed by atoms with van der Waals surface area (Å²) in [6, 6.07) is 9.25. The minimum atomic E-state index is -4.60. The molecule has 0 spiro atoms. The molecule has 1 saturated heterocycles. The summed E-state index contributed by atoms with van der Waals surface area (Å²) < 4.78 is 78.6. The predicted molar refractivity (Wildman–Crippen MR) is 89.4 cm³/mol. The summed E-state index contributed by atoms with van der Waals surface area (Å²) in [7, 11) is -4.25. The number of rotatable bonds is 3. The van der Waals surface area contributed by atoms with Gasteiger partial charge in [-0.3, -0.25) is 0 Å². The highest BCUT2D eigenvalue weighted by Crippen LogP contribution is 2.35. The van der Waals surface area contributed by atoms with E-state index in [0.717, 1.165) is 0 Å². The molecule has 2 aromatic carbocycles. The van der Waals surface area contributed by atoms with E-state index in [9.17, 15) is 26.0 Å². The summed E-state index contributed by atoms with van der Waals surface area (Å²) in [5.41, 5.74) is 1.33. The first-order valence-corrected chi connectivity index (χ1v) is 9.58. The van der Waals surface area contributed by atoms with E-state index in [1.165, 1.54) is 36.4 Å². The highest BCUT2D eigenvalue weighted by molar-refractivity contribution is 7.89. The van der Waals surface area contributed by atoms with Crippen molar-refractivity contribution in [2.24, 2.45) is 0 Å². The number of nitrogens with zero attached hydrogens (tertiary/aromatic N) is 1. The summed E-state index contributed by atoms with van der Waals surface area (Å²) in [5, 5.41) is 0. The Hall–Kier alpha value is -1.93. The van der Waals surface area contributed by atoms with Gasteiger partial charge >= 0.3 is 6.18 Å². The third-order valence-corrected chi connectivity index (χ3v) is 6.39. The summed E-state index contributed by atoms with van der Waals surface area (Å²) in [6.45, 7) is -0.147. The molecule has 3 nitrogen and oxygen atoms in total. The maximum Gasteiger partial charge on any atom is 0.405 e. The maximum atomic E-state index is 13.2. The van der Waals surface area contributed by atoms with Crippen molar-refractivity contribution < 1.29 is 26.0 Å². The van der Waals surface area contributed by atoms with E-state index in [0.29, 0.717) is 28.3 Å². The number of hydrogen-bond donors (Lipinski definition) is 0. The second-order valence-corrected chi connectivity index (χ2v) is 8.09. The molecular formula is C18H17F4NO2S. The lowest BCUT2D eigenvalue weighted by atomic mass is 10.0. The van der Waals surface area contributed by atoms with Crippen LogP contribution in [0.2, 0.25) is 0 Å². The topological polar surface area (TPSA) is 37.4 Å². The smallest absolute Gasteiger partial charge is 0.207 e. The first-order chi connectivity index (χ1) is 12.2. The van der Waals surface area contributed by atoms with Crippen LogP contribution < -0.4 is 0 Å². The highest BCUT2D eigenvalue weighted by Gasteiger charge is 2.48. The SMILES string of the molecule is O=S(=O)(c1ccc(-c2ccc(F)cc2)cc1)N1CCCCC1C(F)(F)F. The lowest BCUT2D eigenvalue weighted by Crippen LogP contribution is -2.51. The normalized spacial score (nSPS) is 19.5. The fourth-order valence-electron chi connectivity index (χ4n) is 3.12. The summed E-state index contributed by atoms with van der Waals surface area (Å²) >= 11 is 0. The zero-order valence-electron chi connectivity index (χ0n) is 13.7. The molecule has 1 atom stereocenters. The van der Waals surface area contributed by atoms with Gasteiger partial charge in [0.2, 0.25) is 10.0 Å². The predicted octanol–water partition coefficient (Wildman–Crippen LogP) is 4.60. The number of hydrogen-bond acceptors (Lipinski definition) is 2. The van der Waals surface area contributed by atoms with Crippen LogP contribution in [0.5, 0.6) is 0 Å². The first-order valence-electron chi connectivity index (χ1n) is 8.14. The van der Waals surface area contributed by atoms with Crippen LogP contribution in [0.1, 0.15) is 19.3 Å². The monoisotopic (exact) mass is 387 g/mol. The third-order valence-electron chi connectivity index (χ3n) is 4.47. The fraction of sp³-hybridized carbons (Fsp3) is 0.333. The van der Waals surface area contributed by atoms with Gasteiger partial charge < -0.3 is 0 Å². The Balaban J connectivity index is 1.90. The Morgan fingerprint density at radius 2 is 1.42 bits per heavy atom. The van der Waals surface area contributed by atoms with E-state index < -0.39 is 28.1 Å². The quantitative estimate of drug-likeness (QED) is 0.722. The molecule has 0 saturated carbocycles. The molecule has 1 aliphatic heterocycles. The highest BCUT2D eigenvalue weighted by atomic mass is 32.2. The van der Waals surface area contributed by atoms with Gasteiger partial charge in [0.1, 0.15) is 11.9 Å². The van der Waals surface area contributed by atoms with Crippen molar-refractivity contribution in [1.82, 2.24) is 4.31 Å². The largest absolute Gasteiger partial charge is 0.405 e. The number of sulfonamides is 1. The van der Waals surface area contributed by atoms with E-state index >= 15 is 0 Å². The Morgan fingerprint density at radius 1 is 0.885 bits per heavy atom. The zero-order valence-corrected chi connectivity index (χ0v) is 14.5. The van der Waals surface area contributed by atoms with Crippen LogP contribution in [-0.2, 0) is 10.0 Å². The molecule has 2 aromatic rings. The van der Waals surface area contributed by atoms with E-state index in [-0.39, 0.29) is 17.9 Å². The van der Waals surface area contributed by atoms with Crippen molar-refractivity contribution >= 4 is 10.0 Å². The average molecular weight is 387 g/mol. The van der Waals surface area contributed by atoms with Gasteiger partial charge in [0, 0.05) is 6.54 Å². The summed E-state index contributed by atoms with van der Waals surface area (Å²) in [5.74, 6) is -0.392. The van der Waals surface area contributed by atoms with Crippen LogP contribution >= 0.6 is 0 Å². The van der Waals surface area contributed by atoms with Gasteiger partial charge in [-0.15, -0.1) is 0 Å². The van der Waals surface area contributed by atoms with Gasteiger partial charge in [-0.2, -0.15) is 17.5 Å². The van der Waals surface area contributed by atoms with Crippen molar-refractivity contribution in [2.45, 2.75) is 36.4 Å². The van der Waals surface area contributed by atoms with E-state index in [1.807, 2.05) is 0 Å². The lowest BCUT2D eigenvalue weighted by molar-refractivity contribution is -0.177. The van der Waals surface area contributed by atoms with Crippen LogP contribution in [0.4, 0.5) is 17.6 Å². The van der Waals surface area contributed by atoms with E-state index in [1.54, 1.807) is 12.1 Å². The molecule has 0 bridgehead atoms. The molecule has 0 aromatic heterocycles. The van der Waals surface area contributed by atoms with Gasteiger partial charge in [-0.1, -0.05) is 30.7 Å². The molecule has 8 heteroatoms. The van der Waals surface area contributed by atoms with Crippen LogP contribution in [-0.4, -0.2) is 31.5 Å². The molecule has 26 heavy (non-hydrogen) atoms. The average Bonchev–Trinajstić information content (AvgIpc) is 2.62. The minimum Gasteiger partial charge on any atom is -0.207 e. The van der Waals surface area contributed by atoms with Crippen molar-refractivity contribution in [1.29, 1.82) is 0 Å². The Bertz CT molecular complexity index is 862. The molecule has 0 amide bonds. The molecule has 0 N–H and O–H groups in total. The zero-order chi connectivity index (χ0) is 18.9. The van der Waals surface area contributed by atoms with Gasteiger partial charge in [0.05, 0.1) is 4.90 Å². The molecule has 3 rings (SSSR count). The lowest BCUT2D eigenvalue weighted by Gasteiger charge is -2.35. The molecule has 140 valence electrons. The van der Waals surface area contributed by atoms with Crippen molar-refractivity contribution in [3.63, 3.8) is 0 Å². The fourth-order valence-corrected chi connectivity index (χ4v) is 4.80. The van der Waals surface area contributed by atoms with Crippen LogP contribution in [0.25, 0.3) is 11.1 Å². The van der Waals surface area contributed by atoms with E-state index in [2.05, 4.69) is 0 Å². The Morgan fingerprint density at radius 3 is 1.96 bits per heavy atom. The molecule has 1 heterocycles. The standard InChI is InChI=1S/C18H17F4NO2S/c19-15-8-4-13(5-9-15)14-6-10-16(11-7-14)26(24,25)23-12-2-1-3-17(23)18(20,21)22/h4-11,17H,1-3,12H2. The summed E-state index contributed by atoms with van der Waals surface area (Å²) in [4.78, 5) is -0.181. The van der Waals surface area contributed by atoms with E-state index in [4.69, 9.17) is 0 Å². The second-order valence-electron chi connectivity index (χ2n) is 6.20. The number of halogens is 4. The molecule has 1 unspecified atom stereocenters. The van der Waals surface area contributed by atoms with Gasteiger partial charge in [-0.25, -0.2) is 12.8 Å². The van der Waals surface area contributed by atoms with Crippen LogP contribution in [0.15, 0.2) is 53.4 Å². The molecule has 0 radical (unpaired) electrons. The molecule has 1 fully saturated rings. The molecule has 1 aliphatic rings. The van der Waals surface area contributed by atoms with Crippen molar-refractivity contribution in [3.05, 3.63) is 54.3 Å². The Labute approximate surface area is 149 Å². The first kappa shape index (κ1) is 18.8. The molecular weight excluding hydrogens is 370 g/mol. The van der Waals surface area contributed by atoms with Crippen molar-refractivity contribution in [2.75, 3.05) is 6.54 Å². The van der Waals surface area contributed by atoms with Gasteiger partial charge in [0.25, 0.3) is 0 Å². The number of benzene rings is 2.